The Morgan fingerprint density at radius 3 is 2.26 bits per heavy atom. The maximum atomic E-state index is 14.0. The van der Waals surface area contributed by atoms with E-state index in [1.165, 1.54) is 29.2 Å². The second kappa shape index (κ2) is 13.3. The van der Waals surface area contributed by atoms with Crippen molar-refractivity contribution in [1.29, 1.82) is 0 Å². The van der Waals surface area contributed by atoms with Gasteiger partial charge in [-0.1, -0.05) is 84.2 Å². The molecule has 208 valence electrons. The molecular weight excluding hydrogens is 557 g/mol. The summed E-state index contributed by atoms with van der Waals surface area (Å²) in [4.78, 5) is 28.4. The molecule has 3 rings (SSSR count). The second-order valence-electron chi connectivity index (χ2n) is 9.40. The molecule has 2 atom stereocenters. The average molecular weight is 591 g/mol. The van der Waals surface area contributed by atoms with Gasteiger partial charge in [0.05, 0.1) is 20.6 Å². The Bertz CT molecular complexity index is 1420. The number of hydrogen-bond donors (Lipinski definition) is 1. The SMILES string of the molecule is CC[C@H](C)NC(=O)[C@@H](C)N(Cc1cccc(C)c1)C(=O)CN(c1cccc(Cl)c1Cl)S(=O)(=O)c1ccccc1. The summed E-state index contributed by atoms with van der Waals surface area (Å²) >= 11 is 12.7. The maximum absolute atomic E-state index is 14.0. The Balaban J connectivity index is 2.06. The maximum Gasteiger partial charge on any atom is 0.264 e. The number of hydrogen-bond acceptors (Lipinski definition) is 4. The lowest BCUT2D eigenvalue weighted by Gasteiger charge is -2.32. The van der Waals surface area contributed by atoms with Crippen LogP contribution < -0.4 is 9.62 Å². The number of sulfonamides is 1. The second-order valence-corrected chi connectivity index (χ2v) is 12.0. The van der Waals surface area contributed by atoms with Crippen LogP contribution in [0.5, 0.6) is 0 Å². The Kier molecular flexibility index (Phi) is 10.4. The summed E-state index contributed by atoms with van der Waals surface area (Å²) in [5.74, 6) is -0.900. The van der Waals surface area contributed by atoms with Crippen molar-refractivity contribution in [2.45, 2.75) is 57.6 Å². The van der Waals surface area contributed by atoms with Crippen molar-refractivity contribution in [3.05, 3.63) is 94.0 Å². The van der Waals surface area contributed by atoms with E-state index in [0.717, 1.165) is 21.9 Å². The van der Waals surface area contributed by atoms with E-state index in [4.69, 9.17) is 23.2 Å². The topological polar surface area (TPSA) is 86.8 Å². The molecule has 3 aromatic carbocycles. The van der Waals surface area contributed by atoms with E-state index >= 15 is 0 Å². The summed E-state index contributed by atoms with van der Waals surface area (Å²) in [7, 11) is -4.23. The predicted octanol–water partition coefficient (Wildman–Crippen LogP) is 5.83. The molecule has 3 aromatic rings. The standard InChI is InChI=1S/C29H33Cl2N3O4S/c1-5-21(3)32-29(36)22(4)33(18-23-12-9-11-20(2)17-23)27(35)19-34(26-16-10-15-25(30)28(26)31)39(37,38)24-13-7-6-8-14-24/h6-17,21-22H,5,18-19H2,1-4H3,(H,32,36)/t21-,22+/m0/s1. The third kappa shape index (κ3) is 7.53. The number of rotatable bonds is 11. The normalized spacial score (nSPS) is 12.9. The summed E-state index contributed by atoms with van der Waals surface area (Å²) in [5.41, 5.74) is 1.87. The van der Waals surface area contributed by atoms with E-state index < -0.39 is 28.5 Å². The van der Waals surface area contributed by atoms with Crippen molar-refractivity contribution in [3.8, 4) is 0 Å². The van der Waals surface area contributed by atoms with Crippen molar-refractivity contribution in [2.24, 2.45) is 0 Å². The smallest absolute Gasteiger partial charge is 0.264 e. The number of halogens is 2. The van der Waals surface area contributed by atoms with Crippen molar-refractivity contribution in [2.75, 3.05) is 10.8 Å². The minimum absolute atomic E-state index is 0.000677. The highest BCUT2D eigenvalue weighted by atomic mass is 35.5. The van der Waals surface area contributed by atoms with Gasteiger partial charge in [-0.3, -0.25) is 13.9 Å². The molecule has 0 radical (unpaired) electrons. The highest BCUT2D eigenvalue weighted by molar-refractivity contribution is 7.92. The first-order chi connectivity index (χ1) is 18.4. The molecule has 0 aliphatic rings. The highest BCUT2D eigenvalue weighted by Crippen LogP contribution is 2.35. The monoisotopic (exact) mass is 589 g/mol. The number of nitrogens with zero attached hydrogens (tertiary/aromatic N) is 2. The molecule has 0 fully saturated rings. The van der Waals surface area contributed by atoms with Crippen LogP contribution in [0.4, 0.5) is 5.69 Å². The first-order valence-electron chi connectivity index (χ1n) is 12.6. The van der Waals surface area contributed by atoms with E-state index in [1.807, 2.05) is 45.0 Å². The fourth-order valence-corrected chi connectivity index (χ4v) is 5.87. The van der Waals surface area contributed by atoms with Crippen molar-refractivity contribution >= 4 is 50.7 Å². The summed E-state index contributed by atoms with van der Waals surface area (Å²) in [6.45, 7) is 6.92. The van der Waals surface area contributed by atoms with Crippen LogP contribution in [0.1, 0.15) is 38.3 Å². The number of nitrogens with one attached hydrogen (secondary N) is 1. The molecule has 7 nitrogen and oxygen atoms in total. The van der Waals surface area contributed by atoms with Gasteiger partial charge < -0.3 is 10.2 Å². The van der Waals surface area contributed by atoms with Gasteiger partial charge >= 0.3 is 0 Å². The molecule has 0 unspecified atom stereocenters. The van der Waals surface area contributed by atoms with Crippen molar-refractivity contribution < 1.29 is 18.0 Å². The number of amides is 2. The fourth-order valence-electron chi connectivity index (χ4n) is 3.97. The predicted molar refractivity (Wildman–Crippen MR) is 157 cm³/mol. The lowest BCUT2D eigenvalue weighted by atomic mass is 10.1. The van der Waals surface area contributed by atoms with Crippen molar-refractivity contribution in [1.82, 2.24) is 10.2 Å². The number of anilines is 1. The van der Waals surface area contributed by atoms with Gasteiger partial charge in [-0.05, 0) is 57.0 Å². The molecule has 0 aromatic heterocycles. The number of carbonyl (C=O) groups is 2. The summed E-state index contributed by atoms with van der Waals surface area (Å²) in [5, 5.41) is 3.06. The molecule has 0 bridgehead atoms. The molecule has 1 N–H and O–H groups in total. The van der Waals surface area contributed by atoms with Crippen LogP contribution in [0.25, 0.3) is 0 Å². The average Bonchev–Trinajstić information content (AvgIpc) is 2.92. The zero-order valence-electron chi connectivity index (χ0n) is 22.4. The van der Waals surface area contributed by atoms with Gasteiger partial charge in [0.15, 0.2) is 0 Å². The molecular formula is C29H33Cl2N3O4S. The third-order valence-electron chi connectivity index (χ3n) is 6.41. The largest absolute Gasteiger partial charge is 0.352 e. The van der Waals surface area contributed by atoms with Crippen LogP contribution in [-0.2, 0) is 26.2 Å². The third-order valence-corrected chi connectivity index (χ3v) is 9.00. The Morgan fingerprint density at radius 1 is 0.949 bits per heavy atom. The van der Waals surface area contributed by atoms with Crippen LogP contribution >= 0.6 is 23.2 Å². The van der Waals surface area contributed by atoms with Crippen molar-refractivity contribution in [3.63, 3.8) is 0 Å². The van der Waals surface area contributed by atoms with Gasteiger partial charge in [0.1, 0.15) is 12.6 Å². The van der Waals surface area contributed by atoms with Gasteiger partial charge in [-0.15, -0.1) is 0 Å². The minimum Gasteiger partial charge on any atom is -0.352 e. The zero-order chi connectivity index (χ0) is 28.7. The highest BCUT2D eigenvalue weighted by Gasteiger charge is 2.33. The van der Waals surface area contributed by atoms with Gasteiger partial charge in [0, 0.05) is 12.6 Å². The Labute approximate surface area is 240 Å². The van der Waals surface area contributed by atoms with Crippen LogP contribution in [0.2, 0.25) is 10.0 Å². The van der Waals surface area contributed by atoms with E-state index in [1.54, 1.807) is 31.2 Å². The zero-order valence-corrected chi connectivity index (χ0v) is 24.7. The van der Waals surface area contributed by atoms with Crippen LogP contribution in [0.15, 0.2) is 77.7 Å². The van der Waals surface area contributed by atoms with E-state index in [-0.39, 0.29) is 39.1 Å². The van der Waals surface area contributed by atoms with Gasteiger partial charge in [0.25, 0.3) is 10.0 Å². The number of aryl methyl sites for hydroxylation is 1. The van der Waals surface area contributed by atoms with E-state index in [0.29, 0.717) is 0 Å². The minimum atomic E-state index is -4.23. The lowest BCUT2D eigenvalue weighted by Crippen LogP contribution is -2.52. The molecule has 0 saturated heterocycles. The number of benzene rings is 3. The molecule has 0 aliphatic heterocycles. The summed E-state index contributed by atoms with van der Waals surface area (Å²) < 4.78 is 28.6. The van der Waals surface area contributed by atoms with Gasteiger partial charge in [-0.2, -0.15) is 0 Å². The van der Waals surface area contributed by atoms with E-state index in [9.17, 15) is 18.0 Å². The Hall–Kier alpha value is -3.07. The molecule has 0 saturated carbocycles. The van der Waals surface area contributed by atoms with Crippen LogP contribution in [-0.4, -0.2) is 43.8 Å². The molecule has 0 spiro atoms. The lowest BCUT2D eigenvalue weighted by molar-refractivity contribution is -0.139. The Morgan fingerprint density at radius 2 is 1.62 bits per heavy atom. The van der Waals surface area contributed by atoms with Gasteiger partial charge in [0.2, 0.25) is 11.8 Å². The van der Waals surface area contributed by atoms with Crippen LogP contribution in [0, 0.1) is 6.92 Å². The summed E-state index contributed by atoms with van der Waals surface area (Å²) in [6.07, 6.45) is 0.723. The van der Waals surface area contributed by atoms with Gasteiger partial charge in [-0.25, -0.2) is 8.42 Å². The summed E-state index contributed by atoms with van der Waals surface area (Å²) in [6, 6.07) is 19.0. The quantitative estimate of drug-likeness (QED) is 0.305. The molecule has 0 aliphatic carbocycles. The molecule has 39 heavy (non-hydrogen) atoms. The van der Waals surface area contributed by atoms with E-state index in [2.05, 4.69) is 5.32 Å². The first-order valence-corrected chi connectivity index (χ1v) is 14.8. The number of carbonyl (C=O) groups excluding carboxylic acids is 2. The fraction of sp³-hybridized carbons (Fsp3) is 0.310. The first kappa shape index (κ1) is 30.5. The molecule has 0 heterocycles. The van der Waals surface area contributed by atoms with Crippen LogP contribution in [0.3, 0.4) is 0 Å². The molecule has 10 heteroatoms. The molecule has 2 amide bonds.